The molecule has 0 aliphatic heterocycles. The number of nitrogens with zero attached hydrogens (tertiary/aromatic N) is 2. The minimum absolute atomic E-state index is 0.0175. The molecule has 1 aliphatic rings. The van der Waals surface area contributed by atoms with Crippen LogP contribution in [0.2, 0.25) is 10.1 Å². The summed E-state index contributed by atoms with van der Waals surface area (Å²) in [6.07, 6.45) is 5.30. The zero-order valence-electron chi connectivity index (χ0n) is 23.6. The Labute approximate surface area is 242 Å². The average molecular weight is 573 g/mol. The zero-order chi connectivity index (χ0) is 28.5. The highest BCUT2D eigenvalue weighted by Gasteiger charge is 2.51. The smallest absolute Gasteiger partial charge is 0.356 e. The van der Waals surface area contributed by atoms with Gasteiger partial charge in [-0.15, -0.1) is 0 Å². The van der Waals surface area contributed by atoms with Crippen LogP contribution in [0.15, 0.2) is 85.1 Å². The Morgan fingerprint density at radius 3 is 2.20 bits per heavy atom. The largest absolute Gasteiger partial charge is 0.476 e. The Kier molecular flexibility index (Phi) is 8.05. The molecule has 1 aromatic heterocycles. The second-order valence-electron chi connectivity index (χ2n) is 11.9. The summed E-state index contributed by atoms with van der Waals surface area (Å²) in [4.78, 5) is 16.6. The summed E-state index contributed by atoms with van der Waals surface area (Å²) in [5, 5.41) is 12.8. The number of imidazole rings is 1. The molecule has 40 heavy (non-hydrogen) atoms. The van der Waals surface area contributed by atoms with Gasteiger partial charge in [0.1, 0.15) is 5.82 Å². The molecule has 1 fully saturated rings. The molecule has 0 bridgehead atoms. The van der Waals surface area contributed by atoms with Crippen LogP contribution in [0.25, 0.3) is 5.69 Å². The normalized spacial score (nSPS) is 18.0. The Morgan fingerprint density at radius 1 is 1.00 bits per heavy atom. The second-order valence-corrected chi connectivity index (χ2v) is 16.5. The molecule has 1 heterocycles. The molecule has 1 aliphatic carbocycles. The monoisotopic (exact) mass is 572 g/mol. The fourth-order valence-corrected chi connectivity index (χ4v) is 11.1. The van der Waals surface area contributed by atoms with Gasteiger partial charge < -0.3 is 14.1 Å². The van der Waals surface area contributed by atoms with Crippen molar-refractivity contribution in [3.8, 4) is 5.69 Å². The zero-order valence-corrected chi connectivity index (χ0v) is 25.4. The Hall–Kier alpha value is -3.19. The first-order chi connectivity index (χ1) is 19.1. The minimum atomic E-state index is -2.71. The molecule has 0 spiro atoms. The lowest BCUT2D eigenvalue weighted by molar-refractivity contribution is 0.0690. The van der Waals surface area contributed by atoms with Gasteiger partial charge in [-0.05, 0) is 59.3 Å². The molecular weight excluding hydrogens is 536 g/mol. The van der Waals surface area contributed by atoms with Gasteiger partial charge in [-0.3, -0.25) is 0 Å². The first kappa shape index (κ1) is 28.3. The fourth-order valence-electron chi connectivity index (χ4n) is 6.25. The molecule has 1 saturated carbocycles. The molecule has 5 rings (SSSR count). The van der Waals surface area contributed by atoms with E-state index >= 15 is 0 Å². The first-order valence-electron chi connectivity index (χ1n) is 14.0. The SMILES string of the molecule is Cc1ccc(Cl)cc1-n1cc(C(=O)O)nc1C1CCCC(O[Si](c2ccccc2)(c2ccccc2)C(C)(C)C)C1. The Morgan fingerprint density at radius 2 is 1.62 bits per heavy atom. The van der Waals surface area contributed by atoms with Crippen LogP contribution in [0.4, 0.5) is 0 Å². The summed E-state index contributed by atoms with van der Waals surface area (Å²) in [6, 6.07) is 27.1. The summed E-state index contributed by atoms with van der Waals surface area (Å²) < 4.78 is 9.41. The number of aryl methyl sites for hydroxylation is 1. The maximum Gasteiger partial charge on any atom is 0.356 e. The quantitative estimate of drug-likeness (QED) is 0.239. The second kappa shape index (κ2) is 11.4. The third-order valence-electron chi connectivity index (χ3n) is 8.13. The van der Waals surface area contributed by atoms with Gasteiger partial charge in [0, 0.05) is 23.2 Å². The maximum absolute atomic E-state index is 12.0. The molecule has 208 valence electrons. The van der Waals surface area contributed by atoms with E-state index in [1.807, 2.05) is 29.7 Å². The van der Waals surface area contributed by atoms with E-state index < -0.39 is 14.3 Å². The van der Waals surface area contributed by atoms with Crippen molar-refractivity contribution in [1.82, 2.24) is 9.55 Å². The number of aromatic nitrogens is 2. The van der Waals surface area contributed by atoms with Gasteiger partial charge in [-0.2, -0.15) is 0 Å². The number of carbonyl (C=O) groups is 1. The van der Waals surface area contributed by atoms with Crippen LogP contribution >= 0.6 is 11.6 Å². The van der Waals surface area contributed by atoms with Crippen molar-refractivity contribution in [1.29, 1.82) is 0 Å². The summed E-state index contributed by atoms with van der Waals surface area (Å²) in [5.74, 6) is -0.211. The fraction of sp³-hybridized carbons (Fsp3) is 0.333. The standard InChI is InChI=1S/C33H37ClN2O3Si/c1-23-18-19-25(34)21-30(23)36-22-29(32(37)38)35-31(36)24-12-11-13-26(20-24)39-40(33(2,3)4,27-14-7-5-8-15-27)28-16-9-6-10-17-28/h5-10,14-19,21-22,24,26H,11-13,20H2,1-4H3,(H,37,38). The van der Waals surface area contributed by atoms with Crippen LogP contribution in [0.3, 0.4) is 0 Å². The van der Waals surface area contributed by atoms with E-state index in [4.69, 9.17) is 16.0 Å². The molecule has 1 N–H and O–H groups in total. The van der Waals surface area contributed by atoms with E-state index in [2.05, 4.69) is 86.4 Å². The van der Waals surface area contributed by atoms with E-state index in [0.29, 0.717) is 5.02 Å². The van der Waals surface area contributed by atoms with Gasteiger partial charge in [-0.1, -0.05) is 106 Å². The highest BCUT2D eigenvalue weighted by Crippen LogP contribution is 2.42. The van der Waals surface area contributed by atoms with E-state index in [9.17, 15) is 9.90 Å². The van der Waals surface area contributed by atoms with Gasteiger partial charge in [-0.25, -0.2) is 9.78 Å². The Balaban J connectivity index is 1.56. The van der Waals surface area contributed by atoms with Crippen molar-refractivity contribution < 1.29 is 14.3 Å². The summed E-state index contributed by atoms with van der Waals surface area (Å²) in [6.45, 7) is 8.90. The van der Waals surface area contributed by atoms with Gasteiger partial charge in [0.2, 0.25) is 0 Å². The predicted octanol–water partition coefficient (Wildman–Crippen LogP) is 7.14. The van der Waals surface area contributed by atoms with E-state index in [1.165, 1.54) is 10.4 Å². The number of rotatable bonds is 7. The topological polar surface area (TPSA) is 64.4 Å². The third kappa shape index (κ3) is 5.40. The van der Waals surface area contributed by atoms with Crippen molar-refractivity contribution in [2.75, 3.05) is 0 Å². The van der Waals surface area contributed by atoms with Gasteiger partial charge >= 0.3 is 5.97 Å². The number of hydrogen-bond acceptors (Lipinski definition) is 3. The Bertz CT molecular complexity index is 1440. The number of aromatic carboxylic acids is 1. The lowest BCUT2D eigenvalue weighted by Gasteiger charge is -2.46. The van der Waals surface area contributed by atoms with Crippen molar-refractivity contribution in [3.63, 3.8) is 0 Å². The molecule has 0 saturated heterocycles. The number of halogens is 1. The van der Waals surface area contributed by atoms with Crippen molar-refractivity contribution in [2.24, 2.45) is 0 Å². The van der Waals surface area contributed by atoms with Crippen molar-refractivity contribution >= 4 is 36.3 Å². The molecule has 4 aromatic rings. The lowest BCUT2D eigenvalue weighted by Crippen LogP contribution is -2.67. The van der Waals surface area contributed by atoms with E-state index in [-0.39, 0.29) is 22.8 Å². The minimum Gasteiger partial charge on any atom is -0.476 e. The summed E-state index contributed by atoms with van der Waals surface area (Å²) >= 11 is 6.36. The molecule has 2 unspecified atom stereocenters. The molecular formula is C33H37ClN2O3Si. The van der Waals surface area contributed by atoms with Crippen LogP contribution in [0.1, 0.15) is 74.2 Å². The van der Waals surface area contributed by atoms with Crippen molar-refractivity contribution in [2.45, 2.75) is 70.4 Å². The average Bonchev–Trinajstić information content (AvgIpc) is 3.39. The lowest BCUT2D eigenvalue weighted by atomic mass is 9.86. The van der Waals surface area contributed by atoms with Crippen LogP contribution in [0, 0.1) is 6.92 Å². The maximum atomic E-state index is 12.0. The number of hydrogen-bond donors (Lipinski definition) is 1. The van der Waals surface area contributed by atoms with Gasteiger partial charge in [0.15, 0.2) is 5.69 Å². The highest BCUT2D eigenvalue weighted by atomic mass is 35.5. The number of carboxylic acids is 1. The molecule has 5 nitrogen and oxygen atoms in total. The van der Waals surface area contributed by atoms with Crippen LogP contribution in [-0.2, 0) is 4.43 Å². The van der Waals surface area contributed by atoms with Crippen LogP contribution in [-0.4, -0.2) is 35.0 Å². The predicted molar refractivity (Wildman–Crippen MR) is 164 cm³/mol. The van der Waals surface area contributed by atoms with Crippen LogP contribution < -0.4 is 10.4 Å². The van der Waals surface area contributed by atoms with Crippen molar-refractivity contribution in [3.05, 3.63) is 107 Å². The van der Waals surface area contributed by atoms with Crippen LogP contribution in [0.5, 0.6) is 0 Å². The van der Waals surface area contributed by atoms with E-state index in [0.717, 1.165) is 42.8 Å². The summed E-state index contributed by atoms with van der Waals surface area (Å²) in [7, 11) is -2.71. The van der Waals surface area contributed by atoms with Gasteiger partial charge in [0.05, 0.1) is 5.69 Å². The molecule has 7 heteroatoms. The highest BCUT2D eigenvalue weighted by molar-refractivity contribution is 6.99. The third-order valence-corrected chi connectivity index (χ3v) is 13.5. The number of benzene rings is 3. The molecule has 3 aromatic carbocycles. The summed E-state index contributed by atoms with van der Waals surface area (Å²) in [5.41, 5.74) is 1.91. The first-order valence-corrected chi connectivity index (χ1v) is 16.3. The molecule has 0 amide bonds. The van der Waals surface area contributed by atoms with E-state index in [1.54, 1.807) is 6.20 Å². The molecule has 2 atom stereocenters. The van der Waals surface area contributed by atoms with Gasteiger partial charge in [0.25, 0.3) is 8.32 Å². The number of carboxylic acid groups (broad SMARTS) is 1. The molecule has 0 radical (unpaired) electrons.